The summed E-state index contributed by atoms with van der Waals surface area (Å²) < 4.78 is 10.9. The van der Waals surface area contributed by atoms with E-state index in [2.05, 4.69) is 34.6 Å². The van der Waals surface area contributed by atoms with Gasteiger partial charge in [0.1, 0.15) is 0 Å². The molecule has 0 aliphatic carbocycles. The van der Waals surface area contributed by atoms with E-state index in [1.54, 1.807) is 14.2 Å². The van der Waals surface area contributed by atoms with Crippen molar-refractivity contribution < 1.29 is 9.47 Å². The Morgan fingerprint density at radius 3 is 1.69 bits per heavy atom. The zero-order chi connectivity index (χ0) is 12.8. The Morgan fingerprint density at radius 2 is 1.44 bits per heavy atom. The van der Waals surface area contributed by atoms with Gasteiger partial charge in [-0.2, -0.15) is 0 Å². The van der Waals surface area contributed by atoms with Crippen LogP contribution in [-0.4, -0.2) is 27.4 Å². The SMILES string of the molecule is CCC(C)(C)C(COC)(COC)CC(C)C. The fourth-order valence-corrected chi connectivity index (χ4v) is 2.54. The first kappa shape index (κ1) is 15.9. The fraction of sp³-hybridized carbons (Fsp3) is 1.00. The molecule has 0 amide bonds. The maximum absolute atomic E-state index is 5.47. The normalized spacial score (nSPS) is 13.5. The Kier molecular flexibility index (Phi) is 6.57. The Labute approximate surface area is 102 Å². The van der Waals surface area contributed by atoms with Crippen molar-refractivity contribution >= 4 is 0 Å². The first-order chi connectivity index (χ1) is 7.35. The Bertz CT molecular complexity index is 179. The largest absolute Gasteiger partial charge is 0.384 e. The quantitative estimate of drug-likeness (QED) is 0.632. The van der Waals surface area contributed by atoms with Gasteiger partial charge in [0.15, 0.2) is 0 Å². The molecule has 0 aliphatic rings. The van der Waals surface area contributed by atoms with Gasteiger partial charge in [0.2, 0.25) is 0 Å². The lowest BCUT2D eigenvalue weighted by molar-refractivity contribution is -0.0817. The first-order valence-corrected chi connectivity index (χ1v) is 6.33. The molecule has 0 aromatic rings. The highest BCUT2D eigenvalue weighted by Gasteiger charge is 2.44. The minimum atomic E-state index is 0.124. The van der Waals surface area contributed by atoms with Crippen molar-refractivity contribution in [3.8, 4) is 0 Å². The topological polar surface area (TPSA) is 18.5 Å². The molecule has 0 bridgehead atoms. The van der Waals surface area contributed by atoms with E-state index >= 15 is 0 Å². The van der Waals surface area contributed by atoms with Gasteiger partial charge >= 0.3 is 0 Å². The number of hydrogen-bond donors (Lipinski definition) is 0. The van der Waals surface area contributed by atoms with Crippen LogP contribution >= 0.6 is 0 Å². The number of rotatable bonds is 8. The summed E-state index contributed by atoms with van der Waals surface area (Å²) in [6, 6.07) is 0. The molecule has 0 aromatic heterocycles. The van der Waals surface area contributed by atoms with Crippen molar-refractivity contribution in [2.75, 3.05) is 27.4 Å². The molecule has 98 valence electrons. The molecule has 0 radical (unpaired) electrons. The molecule has 0 saturated heterocycles. The number of ether oxygens (including phenoxy) is 2. The van der Waals surface area contributed by atoms with Crippen LogP contribution in [0.2, 0.25) is 0 Å². The molecule has 0 unspecified atom stereocenters. The van der Waals surface area contributed by atoms with Crippen molar-refractivity contribution in [2.24, 2.45) is 16.7 Å². The third kappa shape index (κ3) is 3.74. The lowest BCUT2D eigenvalue weighted by atomic mass is 9.61. The van der Waals surface area contributed by atoms with E-state index in [0.717, 1.165) is 26.1 Å². The van der Waals surface area contributed by atoms with Crippen molar-refractivity contribution in [1.29, 1.82) is 0 Å². The molecule has 0 atom stereocenters. The van der Waals surface area contributed by atoms with Crippen LogP contribution in [0.3, 0.4) is 0 Å². The van der Waals surface area contributed by atoms with E-state index < -0.39 is 0 Å². The van der Waals surface area contributed by atoms with Crippen LogP contribution in [0.25, 0.3) is 0 Å². The van der Waals surface area contributed by atoms with Crippen LogP contribution in [-0.2, 0) is 9.47 Å². The van der Waals surface area contributed by atoms with Crippen LogP contribution < -0.4 is 0 Å². The molecule has 0 aliphatic heterocycles. The average Bonchev–Trinajstić information content (AvgIpc) is 2.17. The zero-order valence-corrected chi connectivity index (χ0v) is 12.2. The second-order valence-electron chi connectivity index (χ2n) is 5.98. The first-order valence-electron chi connectivity index (χ1n) is 6.33. The summed E-state index contributed by atoms with van der Waals surface area (Å²) in [5, 5.41) is 0. The molecule has 0 saturated carbocycles. The summed E-state index contributed by atoms with van der Waals surface area (Å²) >= 11 is 0. The predicted molar refractivity (Wildman–Crippen MR) is 69.7 cm³/mol. The highest BCUT2D eigenvalue weighted by atomic mass is 16.5. The Balaban J connectivity index is 5.06. The molecule has 0 heterocycles. The van der Waals surface area contributed by atoms with E-state index in [1.165, 1.54) is 0 Å². The smallest absolute Gasteiger partial charge is 0.0545 e. The summed E-state index contributed by atoms with van der Waals surface area (Å²) in [4.78, 5) is 0. The Morgan fingerprint density at radius 1 is 1.00 bits per heavy atom. The third-order valence-corrected chi connectivity index (χ3v) is 3.96. The lowest BCUT2D eigenvalue weighted by Crippen LogP contribution is -2.46. The van der Waals surface area contributed by atoms with Crippen molar-refractivity contribution in [3.05, 3.63) is 0 Å². The van der Waals surface area contributed by atoms with Crippen LogP contribution in [0.4, 0.5) is 0 Å². The van der Waals surface area contributed by atoms with Gasteiger partial charge in [0.05, 0.1) is 13.2 Å². The Hall–Kier alpha value is -0.0800. The molecule has 2 heteroatoms. The summed E-state index contributed by atoms with van der Waals surface area (Å²) in [5.41, 5.74) is 0.364. The minimum absolute atomic E-state index is 0.124. The van der Waals surface area contributed by atoms with Gasteiger partial charge in [-0.1, -0.05) is 41.0 Å². The highest BCUT2D eigenvalue weighted by Crippen LogP contribution is 2.46. The van der Waals surface area contributed by atoms with Gasteiger partial charge in [-0.05, 0) is 17.8 Å². The summed E-state index contributed by atoms with van der Waals surface area (Å²) in [6.07, 6.45) is 2.29. The van der Waals surface area contributed by atoms with E-state index in [0.29, 0.717) is 5.92 Å². The zero-order valence-electron chi connectivity index (χ0n) is 12.2. The average molecular weight is 230 g/mol. The minimum Gasteiger partial charge on any atom is -0.384 e. The van der Waals surface area contributed by atoms with Crippen molar-refractivity contribution in [3.63, 3.8) is 0 Å². The standard InChI is InChI=1S/C14H30O2/c1-8-13(4,5)14(10-15-6,11-16-7)9-12(2)3/h12H,8-11H2,1-7H3. The monoisotopic (exact) mass is 230 g/mol. The lowest BCUT2D eigenvalue weighted by Gasteiger charge is -2.47. The molecule has 0 aromatic carbocycles. The van der Waals surface area contributed by atoms with Crippen molar-refractivity contribution in [2.45, 2.75) is 47.5 Å². The summed E-state index contributed by atoms with van der Waals surface area (Å²) in [7, 11) is 3.58. The molecule has 0 fully saturated rings. The van der Waals surface area contributed by atoms with Gasteiger partial charge < -0.3 is 9.47 Å². The predicted octanol–water partition coefficient (Wildman–Crippen LogP) is 3.75. The van der Waals surface area contributed by atoms with Crippen LogP contribution in [0, 0.1) is 16.7 Å². The van der Waals surface area contributed by atoms with E-state index in [4.69, 9.17) is 9.47 Å². The van der Waals surface area contributed by atoms with Crippen LogP contribution in [0.1, 0.15) is 47.5 Å². The maximum atomic E-state index is 5.47. The molecule has 0 spiro atoms. The van der Waals surface area contributed by atoms with Gasteiger partial charge in [-0.3, -0.25) is 0 Å². The molecule has 2 nitrogen and oxygen atoms in total. The van der Waals surface area contributed by atoms with Crippen LogP contribution in [0.15, 0.2) is 0 Å². The van der Waals surface area contributed by atoms with E-state index in [9.17, 15) is 0 Å². The highest BCUT2D eigenvalue weighted by molar-refractivity contribution is 4.93. The second kappa shape index (κ2) is 6.61. The van der Waals surface area contributed by atoms with E-state index in [1.807, 2.05) is 0 Å². The summed E-state index contributed by atoms with van der Waals surface area (Å²) in [5.74, 6) is 0.663. The number of hydrogen-bond acceptors (Lipinski definition) is 2. The molecular weight excluding hydrogens is 200 g/mol. The van der Waals surface area contributed by atoms with Gasteiger partial charge in [-0.15, -0.1) is 0 Å². The molecule has 0 N–H and O–H groups in total. The summed E-state index contributed by atoms with van der Waals surface area (Å²) in [6.45, 7) is 13.0. The molecule has 16 heavy (non-hydrogen) atoms. The van der Waals surface area contributed by atoms with Gasteiger partial charge in [0, 0.05) is 19.6 Å². The third-order valence-electron chi connectivity index (χ3n) is 3.96. The van der Waals surface area contributed by atoms with Crippen molar-refractivity contribution in [1.82, 2.24) is 0 Å². The molecular formula is C14H30O2. The fourth-order valence-electron chi connectivity index (χ4n) is 2.54. The second-order valence-corrected chi connectivity index (χ2v) is 5.98. The number of methoxy groups -OCH3 is 2. The van der Waals surface area contributed by atoms with Gasteiger partial charge in [-0.25, -0.2) is 0 Å². The maximum Gasteiger partial charge on any atom is 0.0545 e. The molecule has 0 rings (SSSR count). The van der Waals surface area contributed by atoms with E-state index in [-0.39, 0.29) is 10.8 Å². The van der Waals surface area contributed by atoms with Crippen LogP contribution in [0.5, 0.6) is 0 Å². The van der Waals surface area contributed by atoms with Gasteiger partial charge in [0.25, 0.3) is 0 Å².